The first-order valence-electron chi connectivity index (χ1n) is 0.408. The van der Waals surface area contributed by atoms with Gasteiger partial charge >= 0.3 is 24.4 Å². The molecule has 0 aromatic carbocycles. The molecule has 0 aromatic rings. The number of rotatable bonds is 0. The molecular weight excluding hydrogens is 226 g/mol. The fourth-order valence-corrected chi connectivity index (χ4v) is 0. The van der Waals surface area contributed by atoms with Crippen molar-refractivity contribution >= 4 is 8.80 Å². The Kier molecular flexibility index (Phi) is 78.8. The maximum absolute atomic E-state index is 2.76. The van der Waals surface area contributed by atoms with Gasteiger partial charge in [-0.25, -0.2) is 0 Å². The first-order valence-corrected chi connectivity index (χ1v) is 5.05. The van der Waals surface area contributed by atoms with E-state index in [4.69, 9.17) is 0 Å². The van der Waals surface area contributed by atoms with Crippen LogP contribution >= 0.6 is 0 Å². The number of hydrogen-bond donors (Lipinski definition) is 0. The van der Waals surface area contributed by atoms with E-state index in [1.165, 1.54) is 8.80 Å². The summed E-state index contributed by atoms with van der Waals surface area (Å²) in [5.41, 5.74) is 0. The Hall–Kier alpha value is 2.15. The van der Waals surface area contributed by atoms with Crippen molar-refractivity contribution in [1.29, 1.82) is 0 Å². The molecule has 24 valence electrons. The van der Waals surface area contributed by atoms with Crippen LogP contribution in [-0.4, -0.2) is 8.80 Å². The molecule has 0 N–H and O–H groups in total. The quantitative estimate of drug-likeness (QED) is 0.458. The molecule has 0 fully saturated rings. The Morgan fingerprint density at radius 1 is 1.25 bits per heavy atom. The molecule has 0 nitrogen and oxygen atoms in total. The third-order valence-corrected chi connectivity index (χ3v) is 0. The summed E-state index contributed by atoms with van der Waals surface area (Å²) in [5, 5.41) is 0. The molecular formula is H3CrMnSiZr. The normalized spacial score (nSPS) is 2.00. The maximum atomic E-state index is 2.76. The van der Waals surface area contributed by atoms with Crippen molar-refractivity contribution in [2.45, 2.75) is 0 Å². The van der Waals surface area contributed by atoms with Crippen LogP contribution in [0.1, 0.15) is 0 Å². The third kappa shape index (κ3) is 8.91. The minimum absolute atomic E-state index is 0. The maximum Gasteiger partial charge on any atom is 0 e. The van der Waals surface area contributed by atoms with Crippen molar-refractivity contribution in [1.82, 2.24) is 0 Å². The van der Waals surface area contributed by atoms with Crippen LogP contribution in [-0.2, 0) is 58.9 Å². The molecule has 0 rings (SSSR count). The molecule has 0 bridgehead atoms. The zero-order chi connectivity index (χ0) is 2.00. The van der Waals surface area contributed by atoms with E-state index in [0.29, 0.717) is 0 Å². The summed E-state index contributed by atoms with van der Waals surface area (Å²) < 4.78 is 0. The largest absolute Gasteiger partial charge is 0 e. The van der Waals surface area contributed by atoms with Gasteiger partial charge in [0, 0.05) is 43.3 Å². The third-order valence-electron chi connectivity index (χ3n) is 0. The van der Waals surface area contributed by atoms with Gasteiger partial charge in [-0.05, 0) is 0 Å². The van der Waals surface area contributed by atoms with Gasteiger partial charge in [0.2, 0.25) is 0 Å². The minimum atomic E-state index is 0. The molecule has 1 radical (unpaired) electrons. The van der Waals surface area contributed by atoms with Crippen molar-refractivity contribution in [2.24, 2.45) is 0 Å². The van der Waals surface area contributed by atoms with E-state index in [1.54, 1.807) is 0 Å². The molecule has 0 aliphatic rings. The Morgan fingerprint density at radius 2 is 1.25 bits per heavy atom. The predicted octanol–water partition coefficient (Wildman–Crippen LogP) is -1.19. The number of hydrogen-bond acceptors (Lipinski definition) is 0. The molecule has 0 saturated heterocycles. The second kappa shape index (κ2) is 19.2. The Labute approximate surface area is 67.0 Å². The van der Waals surface area contributed by atoms with Crippen LogP contribution in [0.2, 0.25) is 0 Å². The second-order valence-electron chi connectivity index (χ2n) is 0. The monoisotopic (exact) mass is 228 g/mol. The fraction of sp³-hybridized carbons (Fsp3) is 0. The van der Waals surface area contributed by atoms with Crippen LogP contribution in [0.25, 0.3) is 0 Å². The Morgan fingerprint density at radius 3 is 1.25 bits per heavy atom. The summed E-state index contributed by atoms with van der Waals surface area (Å²) >= 11 is 2.76. The van der Waals surface area contributed by atoms with Crippen LogP contribution in [0.15, 0.2) is 0 Å². The summed E-state index contributed by atoms with van der Waals surface area (Å²) in [6, 6.07) is 0. The molecule has 0 spiro atoms. The first kappa shape index (κ1) is 16.4. The van der Waals surface area contributed by atoms with Gasteiger partial charge in [0.25, 0.3) is 0 Å². The Bertz CT molecular complexity index is 8.00. The van der Waals surface area contributed by atoms with Gasteiger partial charge in [-0.15, -0.1) is 0 Å². The summed E-state index contributed by atoms with van der Waals surface area (Å²) in [5.74, 6) is 0. The zero-order valence-electron chi connectivity index (χ0n) is 2.29. The molecule has 4 heavy (non-hydrogen) atoms. The molecule has 0 amide bonds. The van der Waals surface area contributed by atoms with Gasteiger partial charge in [-0.1, -0.05) is 0 Å². The molecule has 0 aliphatic heterocycles. The van der Waals surface area contributed by atoms with Crippen molar-refractivity contribution in [2.75, 3.05) is 0 Å². The molecule has 0 saturated carbocycles. The summed E-state index contributed by atoms with van der Waals surface area (Å²) in [6.07, 6.45) is 0. The van der Waals surface area contributed by atoms with Crippen LogP contribution < -0.4 is 0 Å². The van der Waals surface area contributed by atoms with Crippen molar-refractivity contribution in [3.8, 4) is 0 Å². The summed E-state index contributed by atoms with van der Waals surface area (Å²) in [4.78, 5) is 0. The van der Waals surface area contributed by atoms with Crippen molar-refractivity contribution in [3.05, 3.63) is 0 Å². The molecule has 0 heterocycles. The average molecular weight is 229 g/mol. The molecule has 0 unspecified atom stereocenters. The van der Waals surface area contributed by atoms with Crippen LogP contribution in [0.3, 0.4) is 0 Å². The van der Waals surface area contributed by atoms with E-state index in [1.807, 2.05) is 0 Å². The molecule has 0 atom stereocenters. The van der Waals surface area contributed by atoms with Crippen LogP contribution in [0.4, 0.5) is 0 Å². The van der Waals surface area contributed by atoms with Gasteiger partial charge in [0.15, 0.2) is 0 Å². The summed E-state index contributed by atoms with van der Waals surface area (Å²) in [6.45, 7) is 0. The predicted molar refractivity (Wildman–Crippen MR) is 9.94 cm³/mol. The van der Waals surface area contributed by atoms with E-state index < -0.39 is 0 Å². The van der Waals surface area contributed by atoms with E-state index >= 15 is 0 Å². The van der Waals surface area contributed by atoms with Crippen molar-refractivity contribution in [3.63, 3.8) is 0 Å². The minimum Gasteiger partial charge on any atom is 0 e. The summed E-state index contributed by atoms with van der Waals surface area (Å²) in [7, 11) is 1.18. The van der Waals surface area contributed by atoms with Gasteiger partial charge < -0.3 is 0 Å². The Balaban J connectivity index is -0.00000000500. The van der Waals surface area contributed by atoms with Gasteiger partial charge in [-0.3, -0.25) is 0 Å². The SMILES string of the molecule is [Mn].[SiH3][Cr].[Zr]. The topological polar surface area (TPSA) is 0 Å². The average Bonchev–Trinajstić information content (AvgIpc) is 1.00. The first-order chi connectivity index (χ1) is 1.00. The molecule has 0 aromatic heterocycles. The van der Waals surface area contributed by atoms with E-state index in [9.17, 15) is 0 Å². The fourth-order valence-electron chi connectivity index (χ4n) is 0. The van der Waals surface area contributed by atoms with E-state index in [2.05, 4.69) is 15.6 Å². The second-order valence-corrected chi connectivity index (χ2v) is 0. The smallest absolute Gasteiger partial charge is 0 e. The van der Waals surface area contributed by atoms with E-state index in [0.717, 1.165) is 0 Å². The molecule has 4 heteroatoms. The van der Waals surface area contributed by atoms with Gasteiger partial charge in [-0.2, -0.15) is 0 Å². The van der Waals surface area contributed by atoms with Crippen molar-refractivity contribution < 1.29 is 58.9 Å². The standard InChI is InChI=1S/Cr.Mn.H3Si.Zr/h;;1H3;. The molecule has 0 aliphatic carbocycles. The van der Waals surface area contributed by atoms with E-state index in [-0.39, 0.29) is 43.3 Å². The zero-order valence-corrected chi connectivity index (χ0v) is 9.20. The van der Waals surface area contributed by atoms with Gasteiger partial charge in [0.05, 0.1) is 0 Å². The van der Waals surface area contributed by atoms with Crippen LogP contribution in [0.5, 0.6) is 0 Å². The van der Waals surface area contributed by atoms with Crippen LogP contribution in [0, 0.1) is 0 Å². The van der Waals surface area contributed by atoms with Gasteiger partial charge in [0.1, 0.15) is 0 Å².